The van der Waals surface area contributed by atoms with Gasteiger partial charge in [-0.2, -0.15) is 5.10 Å². The predicted octanol–water partition coefficient (Wildman–Crippen LogP) is 5.56. The largest absolute Gasteiger partial charge is 0.350 e. The van der Waals surface area contributed by atoms with Crippen LogP contribution in [0.2, 0.25) is 0 Å². The molecule has 7 heteroatoms. The monoisotopic (exact) mass is 496 g/mol. The van der Waals surface area contributed by atoms with Crippen molar-refractivity contribution in [2.75, 3.05) is 4.90 Å². The highest BCUT2D eigenvalue weighted by Crippen LogP contribution is 2.49. The van der Waals surface area contributed by atoms with Gasteiger partial charge in [-0.25, -0.2) is 9.07 Å². The molecule has 1 aliphatic carbocycles. The maximum Gasteiger partial charge on any atom is 0.235 e. The molecule has 1 aromatic heterocycles. The molecular weight excluding hydrogens is 467 g/mol. The highest BCUT2D eigenvalue weighted by atomic mass is 19.1. The zero-order valence-corrected chi connectivity index (χ0v) is 20.9. The van der Waals surface area contributed by atoms with Gasteiger partial charge in [0.2, 0.25) is 11.8 Å². The molecule has 188 valence electrons. The van der Waals surface area contributed by atoms with Crippen molar-refractivity contribution in [3.8, 4) is 5.69 Å². The number of rotatable bonds is 6. The first kappa shape index (κ1) is 23.4. The lowest BCUT2D eigenvalue weighted by molar-refractivity contribution is -0.127. The normalized spacial score (nSPS) is 23.5. The number of anilines is 1. The summed E-state index contributed by atoms with van der Waals surface area (Å²) in [5.74, 6) is -0.217. The first-order chi connectivity index (χ1) is 17.9. The summed E-state index contributed by atoms with van der Waals surface area (Å²) in [4.78, 5) is 28.9. The summed E-state index contributed by atoms with van der Waals surface area (Å²) in [6.07, 6.45) is 4.17. The van der Waals surface area contributed by atoms with Gasteiger partial charge in [-0.1, -0.05) is 37.3 Å². The van der Waals surface area contributed by atoms with E-state index in [9.17, 15) is 14.0 Å². The number of halogens is 1. The molecular formula is C30H29FN4O2. The Labute approximate surface area is 215 Å². The number of hydrogen-bond donors (Lipinski definition) is 1. The molecule has 3 aromatic carbocycles. The zero-order chi connectivity index (χ0) is 25.7. The van der Waals surface area contributed by atoms with Crippen LogP contribution in [-0.2, 0) is 9.59 Å². The van der Waals surface area contributed by atoms with Gasteiger partial charge in [-0.3, -0.25) is 9.59 Å². The van der Waals surface area contributed by atoms with Crippen LogP contribution in [0.3, 0.4) is 0 Å². The Kier molecular flexibility index (Phi) is 5.59. The molecule has 4 aromatic rings. The standard InChI is InChI=1S/C30H29FN4O2/c1-3-30(2)27(33-28(36)20-9-10-20)26(19-7-5-4-6-8-19)34(29(30)37)24-15-16-25-21(17-24)18-32-35(25)23-13-11-22(31)12-14-23/h4-8,11-18,20,26-27H,3,9-10H2,1-2H3,(H,33,36). The average Bonchev–Trinajstić information content (AvgIpc) is 3.66. The van der Waals surface area contributed by atoms with E-state index in [2.05, 4.69) is 10.4 Å². The van der Waals surface area contributed by atoms with Crippen molar-refractivity contribution >= 4 is 28.4 Å². The second-order valence-corrected chi connectivity index (χ2v) is 10.3. The minimum absolute atomic E-state index is 0.00442. The average molecular weight is 497 g/mol. The van der Waals surface area contributed by atoms with Gasteiger partial charge in [0.05, 0.1) is 34.9 Å². The molecule has 0 spiro atoms. The summed E-state index contributed by atoms with van der Waals surface area (Å²) in [5, 5.41) is 8.66. The van der Waals surface area contributed by atoms with Gasteiger partial charge in [0.15, 0.2) is 0 Å². The molecule has 1 saturated heterocycles. The van der Waals surface area contributed by atoms with Crippen LogP contribution < -0.4 is 10.2 Å². The van der Waals surface area contributed by atoms with Gasteiger partial charge in [0, 0.05) is 17.0 Å². The molecule has 3 unspecified atom stereocenters. The van der Waals surface area contributed by atoms with Crippen molar-refractivity contribution in [2.45, 2.75) is 45.2 Å². The van der Waals surface area contributed by atoms with Crippen LogP contribution in [0.1, 0.15) is 44.7 Å². The smallest absolute Gasteiger partial charge is 0.235 e. The number of carbonyl (C=O) groups is 2. The van der Waals surface area contributed by atoms with E-state index in [4.69, 9.17) is 0 Å². The number of hydrogen-bond acceptors (Lipinski definition) is 3. The quantitative estimate of drug-likeness (QED) is 0.380. The third-order valence-corrected chi connectivity index (χ3v) is 8.01. The van der Waals surface area contributed by atoms with E-state index >= 15 is 0 Å². The second-order valence-electron chi connectivity index (χ2n) is 10.3. The Bertz CT molecular complexity index is 1480. The molecule has 2 fully saturated rings. The summed E-state index contributed by atoms with van der Waals surface area (Å²) in [6, 6.07) is 21.3. The molecule has 1 N–H and O–H groups in total. The Morgan fingerprint density at radius 1 is 1.05 bits per heavy atom. The highest BCUT2D eigenvalue weighted by molar-refractivity contribution is 6.03. The van der Waals surface area contributed by atoms with E-state index in [-0.39, 0.29) is 35.6 Å². The third-order valence-electron chi connectivity index (χ3n) is 8.01. The molecule has 1 saturated carbocycles. The maximum absolute atomic E-state index is 14.1. The first-order valence-electron chi connectivity index (χ1n) is 12.8. The molecule has 3 atom stereocenters. The molecule has 2 aliphatic rings. The summed E-state index contributed by atoms with van der Waals surface area (Å²) in [5.41, 5.74) is 2.60. The van der Waals surface area contributed by atoms with E-state index in [1.165, 1.54) is 12.1 Å². The number of nitrogens with zero attached hydrogens (tertiary/aromatic N) is 3. The van der Waals surface area contributed by atoms with E-state index in [0.717, 1.165) is 40.7 Å². The molecule has 0 bridgehead atoms. The van der Waals surface area contributed by atoms with Crippen LogP contribution in [0.25, 0.3) is 16.6 Å². The van der Waals surface area contributed by atoms with Crippen molar-refractivity contribution < 1.29 is 14.0 Å². The Morgan fingerprint density at radius 3 is 2.43 bits per heavy atom. The van der Waals surface area contributed by atoms with Crippen LogP contribution in [0, 0.1) is 17.2 Å². The molecule has 37 heavy (non-hydrogen) atoms. The molecule has 2 amide bonds. The van der Waals surface area contributed by atoms with Crippen molar-refractivity contribution in [3.05, 3.63) is 90.4 Å². The minimum Gasteiger partial charge on any atom is -0.350 e. The van der Waals surface area contributed by atoms with Crippen LogP contribution in [0.5, 0.6) is 0 Å². The number of amides is 2. The second kappa shape index (κ2) is 8.83. The fourth-order valence-corrected chi connectivity index (χ4v) is 5.49. The van der Waals surface area contributed by atoms with E-state index in [1.807, 2.05) is 67.3 Å². The number of nitrogens with one attached hydrogen (secondary N) is 1. The van der Waals surface area contributed by atoms with Crippen molar-refractivity contribution in [1.82, 2.24) is 15.1 Å². The van der Waals surface area contributed by atoms with Crippen LogP contribution in [0.15, 0.2) is 79.0 Å². The van der Waals surface area contributed by atoms with E-state index < -0.39 is 5.41 Å². The lowest BCUT2D eigenvalue weighted by atomic mass is 9.78. The Morgan fingerprint density at radius 2 is 1.76 bits per heavy atom. The van der Waals surface area contributed by atoms with Gasteiger partial charge >= 0.3 is 0 Å². The van der Waals surface area contributed by atoms with E-state index in [0.29, 0.717) is 6.42 Å². The fourth-order valence-electron chi connectivity index (χ4n) is 5.49. The number of aromatic nitrogens is 2. The minimum atomic E-state index is -0.752. The Hall–Kier alpha value is -4.00. The van der Waals surface area contributed by atoms with Gasteiger partial charge in [-0.05, 0) is 74.2 Å². The molecule has 1 aliphatic heterocycles. The van der Waals surface area contributed by atoms with E-state index in [1.54, 1.807) is 23.0 Å². The number of carbonyl (C=O) groups excluding carboxylic acids is 2. The maximum atomic E-state index is 14.1. The summed E-state index contributed by atoms with van der Waals surface area (Å²) >= 11 is 0. The zero-order valence-electron chi connectivity index (χ0n) is 20.9. The van der Waals surface area contributed by atoms with Crippen molar-refractivity contribution in [1.29, 1.82) is 0 Å². The highest BCUT2D eigenvalue weighted by Gasteiger charge is 2.57. The molecule has 6 rings (SSSR count). The van der Waals surface area contributed by atoms with Gasteiger partial charge in [0.1, 0.15) is 5.82 Å². The van der Waals surface area contributed by atoms with Crippen LogP contribution in [0.4, 0.5) is 10.1 Å². The summed E-state index contributed by atoms with van der Waals surface area (Å²) in [6.45, 7) is 3.98. The lowest BCUT2D eigenvalue weighted by Crippen LogP contribution is -2.48. The lowest BCUT2D eigenvalue weighted by Gasteiger charge is -2.32. The number of benzene rings is 3. The number of fused-ring (bicyclic) bond motifs is 1. The van der Waals surface area contributed by atoms with Gasteiger partial charge < -0.3 is 10.2 Å². The molecule has 0 radical (unpaired) electrons. The topological polar surface area (TPSA) is 67.2 Å². The van der Waals surface area contributed by atoms with Crippen molar-refractivity contribution in [2.24, 2.45) is 11.3 Å². The molecule has 6 nitrogen and oxygen atoms in total. The van der Waals surface area contributed by atoms with Gasteiger partial charge in [0.25, 0.3) is 0 Å². The Balaban J connectivity index is 1.45. The summed E-state index contributed by atoms with van der Waals surface area (Å²) < 4.78 is 15.2. The fraction of sp³-hybridized carbons (Fsp3) is 0.300. The third kappa shape index (κ3) is 3.89. The van der Waals surface area contributed by atoms with Crippen LogP contribution in [-0.4, -0.2) is 27.6 Å². The van der Waals surface area contributed by atoms with Crippen LogP contribution >= 0.6 is 0 Å². The first-order valence-corrected chi connectivity index (χ1v) is 12.8. The SMILES string of the molecule is CCC1(C)C(=O)N(c2ccc3c(cnn3-c3ccc(F)cc3)c2)C(c2ccccc2)C1NC(=O)C1CC1. The summed E-state index contributed by atoms with van der Waals surface area (Å²) in [7, 11) is 0. The van der Waals surface area contributed by atoms with Gasteiger partial charge in [-0.15, -0.1) is 0 Å². The van der Waals surface area contributed by atoms with Crippen molar-refractivity contribution in [3.63, 3.8) is 0 Å². The predicted molar refractivity (Wildman–Crippen MR) is 141 cm³/mol. The molecule has 2 heterocycles.